The van der Waals surface area contributed by atoms with Crippen molar-refractivity contribution in [2.24, 2.45) is 17.8 Å². The summed E-state index contributed by atoms with van der Waals surface area (Å²) in [6, 6.07) is 0.174. The van der Waals surface area contributed by atoms with Crippen LogP contribution in [0.2, 0.25) is 0 Å². The van der Waals surface area contributed by atoms with E-state index in [1.54, 1.807) is 4.68 Å². The van der Waals surface area contributed by atoms with E-state index in [1.807, 2.05) is 0 Å². The quantitative estimate of drug-likeness (QED) is 0.681. The van der Waals surface area contributed by atoms with Gasteiger partial charge in [0.05, 0.1) is 6.67 Å². The fraction of sp³-hybridized carbons (Fsp3) is 0.789. The number of carbonyl (C=O) groups excluding carboxylic acids is 2. The third-order valence-electron chi connectivity index (χ3n) is 6.40. The molecule has 2 amide bonds. The molecule has 0 radical (unpaired) electrons. The van der Waals surface area contributed by atoms with Crippen LogP contribution in [-0.4, -0.2) is 52.4 Å². The zero-order chi connectivity index (χ0) is 19.5. The Kier molecular flexibility index (Phi) is 5.77. The summed E-state index contributed by atoms with van der Waals surface area (Å²) in [6.07, 6.45) is 6.33. The van der Waals surface area contributed by atoms with Gasteiger partial charge in [0.25, 0.3) is 5.91 Å². The molecular formula is C19H29FN6O2. The van der Waals surface area contributed by atoms with Crippen LogP contribution >= 0.6 is 0 Å². The highest BCUT2D eigenvalue weighted by Crippen LogP contribution is 2.35. The molecule has 1 aromatic rings. The van der Waals surface area contributed by atoms with Crippen LogP contribution < -0.4 is 16.0 Å². The summed E-state index contributed by atoms with van der Waals surface area (Å²) in [5.41, 5.74) is 0. The number of rotatable bonds is 6. The number of nitrogens with zero attached hydrogens (tertiary/aromatic N) is 3. The maximum absolute atomic E-state index is 12.8. The summed E-state index contributed by atoms with van der Waals surface area (Å²) in [5, 5.41) is 13.5. The van der Waals surface area contributed by atoms with Gasteiger partial charge in [-0.05, 0) is 56.8 Å². The van der Waals surface area contributed by atoms with E-state index in [0.717, 1.165) is 58.0 Å². The van der Waals surface area contributed by atoms with Crippen LogP contribution in [0.25, 0.3) is 0 Å². The van der Waals surface area contributed by atoms with Gasteiger partial charge in [-0.2, -0.15) is 4.98 Å². The molecule has 4 rings (SSSR count). The SMILES string of the molecule is O=C(NCC1CCC(NC(=O)[C@@H]2CC[C@H]2CF)CC1)c1nc2n(n1)CCCN2. The fourth-order valence-electron chi connectivity index (χ4n) is 4.39. The standard InChI is InChI=1S/C19H29FN6O2/c20-10-13-4-7-15(13)17(27)23-14-5-2-12(3-6-14)11-22-18(28)16-24-19-21-8-1-9-26(19)25-16/h12-15H,1-11H2,(H,22,28)(H,23,27)(H,21,24,25)/t12?,13-,14?,15+/m0/s1. The monoisotopic (exact) mass is 392 g/mol. The molecule has 0 saturated heterocycles. The molecule has 0 aromatic carbocycles. The Bertz CT molecular complexity index is 690. The highest BCUT2D eigenvalue weighted by Gasteiger charge is 2.37. The lowest BCUT2D eigenvalue weighted by Crippen LogP contribution is -2.47. The van der Waals surface area contributed by atoms with E-state index in [2.05, 4.69) is 26.0 Å². The lowest BCUT2D eigenvalue weighted by molar-refractivity contribution is -0.131. The minimum atomic E-state index is -0.394. The molecule has 2 heterocycles. The first-order valence-electron chi connectivity index (χ1n) is 10.5. The van der Waals surface area contributed by atoms with Crippen molar-refractivity contribution >= 4 is 17.8 Å². The van der Waals surface area contributed by atoms with E-state index < -0.39 is 6.67 Å². The normalized spacial score (nSPS) is 29.2. The van der Waals surface area contributed by atoms with Gasteiger partial charge in [-0.25, -0.2) is 4.68 Å². The third-order valence-corrected chi connectivity index (χ3v) is 6.40. The van der Waals surface area contributed by atoms with Crippen molar-refractivity contribution < 1.29 is 14.0 Å². The number of aryl methyl sites for hydroxylation is 1. The molecular weight excluding hydrogens is 363 g/mol. The smallest absolute Gasteiger partial charge is 0.291 e. The summed E-state index contributed by atoms with van der Waals surface area (Å²) < 4.78 is 14.5. The van der Waals surface area contributed by atoms with Gasteiger partial charge in [-0.1, -0.05) is 0 Å². The molecule has 154 valence electrons. The molecule has 2 fully saturated rings. The highest BCUT2D eigenvalue weighted by molar-refractivity contribution is 5.90. The van der Waals surface area contributed by atoms with E-state index in [9.17, 15) is 14.0 Å². The lowest BCUT2D eigenvalue weighted by atomic mass is 9.73. The predicted octanol–water partition coefficient (Wildman–Crippen LogP) is 1.49. The van der Waals surface area contributed by atoms with Gasteiger partial charge < -0.3 is 16.0 Å². The summed E-state index contributed by atoms with van der Waals surface area (Å²) in [4.78, 5) is 28.8. The number of amides is 2. The van der Waals surface area contributed by atoms with Crippen LogP contribution in [0.4, 0.5) is 10.3 Å². The molecule has 0 bridgehead atoms. The minimum Gasteiger partial charge on any atom is -0.354 e. The van der Waals surface area contributed by atoms with E-state index in [1.165, 1.54) is 0 Å². The summed E-state index contributed by atoms with van der Waals surface area (Å²) in [7, 11) is 0. The number of anilines is 1. The Balaban J connectivity index is 1.18. The first-order valence-corrected chi connectivity index (χ1v) is 10.5. The minimum absolute atomic E-state index is 0.0223. The molecule has 3 aliphatic rings. The second-order valence-corrected chi connectivity index (χ2v) is 8.30. The van der Waals surface area contributed by atoms with Crippen LogP contribution in [-0.2, 0) is 11.3 Å². The van der Waals surface area contributed by atoms with Crippen LogP contribution in [0.1, 0.15) is 55.6 Å². The van der Waals surface area contributed by atoms with Crippen molar-refractivity contribution in [3.8, 4) is 0 Å². The molecule has 9 heteroatoms. The van der Waals surface area contributed by atoms with Crippen LogP contribution in [0.3, 0.4) is 0 Å². The van der Waals surface area contributed by atoms with Gasteiger partial charge in [0.15, 0.2) is 0 Å². The fourth-order valence-corrected chi connectivity index (χ4v) is 4.39. The predicted molar refractivity (Wildman–Crippen MR) is 102 cm³/mol. The van der Waals surface area contributed by atoms with Gasteiger partial charge in [0, 0.05) is 31.6 Å². The van der Waals surface area contributed by atoms with Crippen LogP contribution in [0.5, 0.6) is 0 Å². The van der Waals surface area contributed by atoms with E-state index in [-0.39, 0.29) is 35.5 Å². The number of alkyl halides is 1. The van der Waals surface area contributed by atoms with Gasteiger partial charge in [0.2, 0.25) is 17.7 Å². The number of fused-ring (bicyclic) bond motifs is 1. The Morgan fingerprint density at radius 2 is 2.00 bits per heavy atom. The molecule has 0 spiro atoms. The van der Waals surface area contributed by atoms with Crippen molar-refractivity contribution in [1.29, 1.82) is 0 Å². The molecule has 2 saturated carbocycles. The Morgan fingerprint density at radius 3 is 2.68 bits per heavy atom. The Morgan fingerprint density at radius 1 is 1.18 bits per heavy atom. The molecule has 28 heavy (non-hydrogen) atoms. The highest BCUT2D eigenvalue weighted by atomic mass is 19.1. The molecule has 8 nitrogen and oxygen atoms in total. The molecule has 1 aromatic heterocycles. The summed E-state index contributed by atoms with van der Waals surface area (Å²) in [6.45, 7) is 1.85. The number of aromatic nitrogens is 3. The van der Waals surface area contributed by atoms with Crippen molar-refractivity contribution in [1.82, 2.24) is 25.4 Å². The van der Waals surface area contributed by atoms with Crippen molar-refractivity contribution in [2.75, 3.05) is 25.1 Å². The average molecular weight is 392 g/mol. The number of nitrogens with one attached hydrogen (secondary N) is 3. The number of hydrogen-bond acceptors (Lipinski definition) is 5. The number of hydrogen-bond donors (Lipinski definition) is 3. The van der Waals surface area contributed by atoms with E-state index in [4.69, 9.17) is 0 Å². The number of carbonyl (C=O) groups is 2. The average Bonchev–Trinajstić information content (AvgIpc) is 3.11. The zero-order valence-corrected chi connectivity index (χ0v) is 16.1. The van der Waals surface area contributed by atoms with Crippen molar-refractivity contribution in [3.05, 3.63) is 5.82 Å². The first kappa shape index (κ1) is 19.1. The molecule has 1 aliphatic heterocycles. The van der Waals surface area contributed by atoms with Crippen molar-refractivity contribution in [3.63, 3.8) is 0 Å². The second-order valence-electron chi connectivity index (χ2n) is 8.30. The molecule has 3 N–H and O–H groups in total. The molecule has 2 aliphatic carbocycles. The van der Waals surface area contributed by atoms with E-state index >= 15 is 0 Å². The van der Waals surface area contributed by atoms with Crippen LogP contribution in [0.15, 0.2) is 0 Å². The van der Waals surface area contributed by atoms with Crippen LogP contribution in [0, 0.1) is 17.8 Å². The maximum Gasteiger partial charge on any atom is 0.291 e. The van der Waals surface area contributed by atoms with Gasteiger partial charge in [0.1, 0.15) is 0 Å². The van der Waals surface area contributed by atoms with Gasteiger partial charge in [-0.3, -0.25) is 14.0 Å². The van der Waals surface area contributed by atoms with Gasteiger partial charge >= 0.3 is 0 Å². The summed E-state index contributed by atoms with van der Waals surface area (Å²) in [5.74, 6) is 0.848. The summed E-state index contributed by atoms with van der Waals surface area (Å²) >= 11 is 0. The topological polar surface area (TPSA) is 101 Å². The Labute approximate surface area is 164 Å². The lowest BCUT2D eigenvalue weighted by Gasteiger charge is -2.36. The first-order chi connectivity index (χ1) is 13.6. The zero-order valence-electron chi connectivity index (χ0n) is 16.1. The molecule has 0 unspecified atom stereocenters. The van der Waals surface area contributed by atoms with Gasteiger partial charge in [-0.15, -0.1) is 5.10 Å². The van der Waals surface area contributed by atoms with E-state index in [0.29, 0.717) is 18.4 Å². The largest absolute Gasteiger partial charge is 0.354 e. The second kappa shape index (κ2) is 8.45. The number of halogens is 1. The Hall–Kier alpha value is -2.19. The maximum atomic E-state index is 12.8. The third kappa shape index (κ3) is 4.12. The van der Waals surface area contributed by atoms with Crippen molar-refractivity contribution in [2.45, 2.75) is 57.5 Å². The molecule has 2 atom stereocenters.